The summed E-state index contributed by atoms with van der Waals surface area (Å²) in [5, 5.41) is 2.73. The summed E-state index contributed by atoms with van der Waals surface area (Å²) < 4.78 is 51.1. The number of anilines is 1. The third kappa shape index (κ3) is 6.21. The summed E-state index contributed by atoms with van der Waals surface area (Å²) >= 11 is 0. The van der Waals surface area contributed by atoms with Gasteiger partial charge in [0.05, 0.1) is 11.4 Å². The Morgan fingerprint density at radius 3 is 2.37 bits per heavy atom. The molecule has 1 heterocycles. The van der Waals surface area contributed by atoms with Crippen LogP contribution in [0.2, 0.25) is 0 Å². The van der Waals surface area contributed by atoms with E-state index in [0.29, 0.717) is 30.0 Å². The zero-order valence-electron chi connectivity index (χ0n) is 20.0. The maximum Gasteiger partial charge on any atom is 0.244 e. The minimum atomic E-state index is -3.86. The van der Waals surface area contributed by atoms with Crippen LogP contribution in [0.4, 0.5) is 10.1 Å². The van der Waals surface area contributed by atoms with Crippen LogP contribution in [0.3, 0.4) is 0 Å². The van der Waals surface area contributed by atoms with E-state index in [9.17, 15) is 22.4 Å². The molecule has 190 valence electrons. The number of rotatable bonds is 11. The van der Waals surface area contributed by atoms with Gasteiger partial charge in [0, 0.05) is 19.2 Å². The van der Waals surface area contributed by atoms with Gasteiger partial charge in [-0.1, -0.05) is 19.1 Å². The van der Waals surface area contributed by atoms with E-state index in [4.69, 9.17) is 9.47 Å². The predicted molar refractivity (Wildman–Crippen MR) is 129 cm³/mol. The number of nitrogens with one attached hydrogen (secondary N) is 1. The van der Waals surface area contributed by atoms with Gasteiger partial charge in [0.2, 0.25) is 28.6 Å². The molecule has 0 bridgehead atoms. The van der Waals surface area contributed by atoms with Crippen LogP contribution in [0, 0.1) is 5.82 Å². The van der Waals surface area contributed by atoms with Crippen molar-refractivity contribution in [3.8, 4) is 11.5 Å². The molecule has 1 N–H and O–H groups in total. The summed E-state index contributed by atoms with van der Waals surface area (Å²) in [5.74, 6) is -0.719. The van der Waals surface area contributed by atoms with Gasteiger partial charge in [-0.05, 0) is 50.1 Å². The van der Waals surface area contributed by atoms with Gasteiger partial charge in [-0.2, -0.15) is 0 Å². The Morgan fingerprint density at radius 1 is 1.06 bits per heavy atom. The highest BCUT2D eigenvalue weighted by Gasteiger charge is 2.32. The van der Waals surface area contributed by atoms with Gasteiger partial charge in [0.15, 0.2) is 11.5 Å². The number of amides is 2. The molecular weight excluding hydrogens is 477 g/mol. The molecule has 0 radical (unpaired) electrons. The average molecular weight is 508 g/mol. The number of likely N-dealkylation sites (N-methyl/N-ethyl adjacent to an activating group) is 1. The van der Waals surface area contributed by atoms with Crippen molar-refractivity contribution in [3.63, 3.8) is 0 Å². The first-order valence-electron chi connectivity index (χ1n) is 11.4. The van der Waals surface area contributed by atoms with Crippen LogP contribution < -0.4 is 19.1 Å². The minimum absolute atomic E-state index is 0.00983. The lowest BCUT2D eigenvalue weighted by Gasteiger charge is -2.33. The van der Waals surface area contributed by atoms with Crippen LogP contribution >= 0.6 is 0 Å². The van der Waals surface area contributed by atoms with Crippen molar-refractivity contribution in [1.29, 1.82) is 0 Å². The van der Waals surface area contributed by atoms with E-state index in [1.54, 1.807) is 26.0 Å². The fourth-order valence-electron chi connectivity index (χ4n) is 3.76. The quantitative estimate of drug-likeness (QED) is 0.501. The second-order valence-electron chi connectivity index (χ2n) is 7.91. The predicted octanol–water partition coefficient (Wildman–Crippen LogP) is 2.65. The van der Waals surface area contributed by atoms with E-state index in [2.05, 4.69) is 5.32 Å². The first-order chi connectivity index (χ1) is 16.7. The Bertz CT molecular complexity index is 1160. The topological polar surface area (TPSA) is 105 Å². The molecule has 0 saturated carbocycles. The highest BCUT2D eigenvalue weighted by Crippen LogP contribution is 2.36. The Balaban J connectivity index is 1.96. The molecule has 35 heavy (non-hydrogen) atoms. The van der Waals surface area contributed by atoms with Crippen LogP contribution in [0.1, 0.15) is 32.8 Å². The fourth-order valence-corrected chi connectivity index (χ4v) is 4.81. The van der Waals surface area contributed by atoms with Crippen molar-refractivity contribution in [1.82, 2.24) is 10.2 Å². The van der Waals surface area contributed by atoms with Crippen molar-refractivity contribution in [2.45, 2.75) is 39.8 Å². The molecule has 11 heteroatoms. The smallest absolute Gasteiger partial charge is 0.244 e. The maximum absolute atomic E-state index is 13.6. The molecule has 0 fully saturated rings. The molecule has 2 amide bonds. The van der Waals surface area contributed by atoms with Gasteiger partial charge in [-0.15, -0.1) is 0 Å². The van der Waals surface area contributed by atoms with Crippen LogP contribution in [0.25, 0.3) is 0 Å². The number of carbonyl (C=O) groups excluding carboxylic acids is 2. The van der Waals surface area contributed by atoms with E-state index < -0.39 is 34.3 Å². The lowest BCUT2D eigenvalue weighted by molar-refractivity contribution is -0.140. The number of carbonyl (C=O) groups is 2. The fraction of sp³-hybridized carbons (Fsp3) is 0.417. The molecule has 1 unspecified atom stereocenters. The molecule has 0 aliphatic carbocycles. The lowest BCUT2D eigenvalue weighted by Crippen LogP contribution is -2.52. The van der Waals surface area contributed by atoms with Gasteiger partial charge < -0.3 is 19.7 Å². The minimum Gasteiger partial charge on any atom is -0.454 e. The van der Waals surface area contributed by atoms with Crippen molar-refractivity contribution in [3.05, 3.63) is 53.8 Å². The standard InChI is InChI=1S/C24H30FN3O6S/c1-4-20(24(30)26-5-2)27(14-17-7-9-18(25)10-8-17)23(29)15-28(35(31,32)6-3)19-11-12-21-22(13-19)34-16-33-21/h7-13,20H,4-6,14-16H2,1-3H3,(H,26,30). The van der Waals surface area contributed by atoms with Crippen LogP contribution in [0.5, 0.6) is 11.5 Å². The molecule has 1 aliphatic rings. The SMILES string of the molecule is CCNC(=O)C(CC)N(Cc1ccc(F)cc1)C(=O)CN(c1ccc2c(c1)OCO2)S(=O)(=O)CC. The van der Waals surface area contributed by atoms with Crippen molar-refractivity contribution >= 4 is 27.5 Å². The second-order valence-corrected chi connectivity index (χ2v) is 10.1. The van der Waals surface area contributed by atoms with Crippen molar-refractivity contribution in [2.24, 2.45) is 0 Å². The summed E-state index contributed by atoms with van der Waals surface area (Å²) in [4.78, 5) is 27.7. The number of hydrogen-bond donors (Lipinski definition) is 1. The summed E-state index contributed by atoms with van der Waals surface area (Å²) in [6, 6.07) is 9.39. The van der Waals surface area contributed by atoms with Gasteiger partial charge in [0.25, 0.3) is 0 Å². The van der Waals surface area contributed by atoms with E-state index >= 15 is 0 Å². The summed E-state index contributed by atoms with van der Waals surface area (Å²) in [6.45, 7) is 4.91. The lowest BCUT2D eigenvalue weighted by atomic mass is 10.1. The summed E-state index contributed by atoms with van der Waals surface area (Å²) in [6.07, 6.45) is 0.309. The monoisotopic (exact) mass is 507 g/mol. The van der Waals surface area contributed by atoms with Crippen molar-refractivity contribution < 1.29 is 31.9 Å². The number of benzene rings is 2. The summed E-state index contributed by atoms with van der Waals surface area (Å²) in [7, 11) is -3.86. The molecule has 0 spiro atoms. The highest BCUT2D eigenvalue weighted by atomic mass is 32.2. The number of ether oxygens (including phenoxy) is 2. The molecule has 3 rings (SSSR count). The zero-order chi connectivity index (χ0) is 25.6. The maximum atomic E-state index is 13.6. The second kappa shape index (κ2) is 11.4. The van der Waals surface area contributed by atoms with Crippen molar-refractivity contribution in [2.75, 3.05) is 29.9 Å². The number of halogens is 1. The Kier molecular flexibility index (Phi) is 8.55. The highest BCUT2D eigenvalue weighted by molar-refractivity contribution is 7.92. The molecule has 2 aromatic carbocycles. The van der Waals surface area contributed by atoms with E-state index in [0.717, 1.165) is 4.31 Å². The Hall–Kier alpha value is -3.34. The van der Waals surface area contributed by atoms with Gasteiger partial charge >= 0.3 is 0 Å². The average Bonchev–Trinajstić information content (AvgIpc) is 3.31. The first-order valence-corrected chi connectivity index (χ1v) is 13.0. The Labute approximate surface area is 204 Å². The van der Waals surface area contributed by atoms with Crippen LogP contribution in [-0.2, 0) is 26.2 Å². The van der Waals surface area contributed by atoms with Gasteiger partial charge in [-0.3, -0.25) is 13.9 Å². The molecule has 0 saturated heterocycles. The number of fused-ring (bicyclic) bond motifs is 1. The molecular formula is C24H30FN3O6S. The molecule has 0 aromatic heterocycles. The molecule has 9 nitrogen and oxygen atoms in total. The van der Waals surface area contributed by atoms with E-state index in [1.807, 2.05) is 0 Å². The molecule has 2 aromatic rings. The summed E-state index contributed by atoms with van der Waals surface area (Å²) in [5.41, 5.74) is 0.854. The van der Waals surface area contributed by atoms with Gasteiger partial charge in [-0.25, -0.2) is 12.8 Å². The zero-order valence-corrected chi connectivity index (χ0v) is 20.8. The van der Waals surface area contributed by atoms with E-state index in [1.165, 1.54) is 42.2 Å². The third-order valence-electron chi connectivity index (χ3n) is 5.63. The van der Waals surface area contributed by atoms with Gasteiger partial charge in [0.1, 0.15) is 18.4 Å². The number of sulfonamides is 1. The van der Waals surface area contributed by atoms with Crippen LogP contribution in [0.15, 0.2) is 42.5 Å². The normalized spacial score (nSPS) is 13.3. The largest absolute Gasteiger partial charge is 0.454 e. The third-order valence-corrected chi connectivity index (χ3v) is 7.37. The number of hydrogen-bond acceptors (Lipinski definition) is 6. The Morgan fingerprint density at radius 2 is 1.74 bits per heavy atom. The van der Waals surface area contributed by atoms with Crippen LogP contribution in [-0.4, -0.2) is 56.8 Å². The first kappa shape index (κ1) is 26.3. The molecule has 1 atom stereocenters. The van der Waals surface area contributed by atoms with E-state index in [-0.39, 0.29) is 30.7 Å². The molecule has 1 aliphatic heterocycles. The number of nitrogens with zero attached hydrogens (tertiary/aromatic N) is 2.